The minimum atomic E-state index is -0.851. The lowest BCUT2D eigenvalue weighted by Crippen LogP contribution is -2.40. The lowest BCUT2D eigenvalue weighted by molar-refractivity contribution is 0.0367. The van der Waals surface area contributed by atoms with Crippen LogP contribution in [0.25, 0.3) is 0 Å². The number of nitrogens with two attached hydrogens (primary N) is 1. The van der Waals surface area contributed by atoms with Gasteiger partial charge in [-0.3, -0.25) is 0 Å². The van der Waals surface area contributed by atoms with Crippen molar-refractivity contribution in [1.82, 2.24) is 14.8 Å². The van der Waals surface area contributed by atoms with Crippen molar-refractivity contribution < 1.29 is 5.11 Å². The molecule has 3 N–H and O–H groups in total. The lowest BCUT2D eigenvalue weighted by atomic mass is 9.94. The monoisotopic (exact) mass is 240 g/mol. The second-order valence-electron chi connectivity index (χ2n) is 5.11. The van der Waals surface area contributed by atoms with E-state index in [2.05, 4.69) is 23.9 Å². The van der Waals surface area contributed by atoms with Crippen LogP contribution in [0.4, 0.5) is 0 Å². The van der Waals surface area contributed by atoms with Gasteiger partial charge in [-0.25, -0.2) is 9.67 Å². The van der Waals surface area contributed by atoms with Crippen molar-refractivity contribution in [3.05, 3.63) is 12.2 Å². The van der Waals surface area contributed by atoms with Crippen molar-refractivity contribution >= 4 is 0 Å². The van der Waals surface area contributed by atoms with E-state index in [0.29, 0.717) is 18.8 Å². The maximum atomic E-state index is 10.3. The number of aromatic nitrogens is 3. The predicted molar refractivity (Wildman–Crippen MR) is 67.5 cm³/mol. The highest BCUT2D eigenvalue weighted by molar-refractivity contribution is 4.95. The van der Waals surface area contributed by atoms with Crippen LogP contribution in [0.1, 0.15) is 39.4 Å². The van der Waals surface area contributed by atoms with E-state index in [-0.39, 0.29) is 6.54 Å². The molecule has 17 heavy (non-hydrogen) atoms. The van der Waals surface area contributed by atoms with Crippen LogP contribution >= 0.6 is 0 Å². The highest BCUT2D eigenvalue weighted by Gasteiger charge is 2.27. The third-order valence-corrected chi connectivity index (χ3v) is 2.82. The van der Waals surface area contributed by atoms with E-state index in [4.69, 9.17) is 5.73 Å². The molecule has 0 aliphatic rings. The van der Waals surface area contributed by atoms with Crippen LogP contribution in [0.15, 0.2) is 6.33 Å². The molecule has 0 aromatic carbocycles. The fraction of sp³-hybridized carbons (Fsp3) is 0.833. The summed E-state index contributed by atoms with van der Waals surface area (Å²) in [6, 6.07) is 0. The van der Waals surface area contributed by atoms with E-state index in [1.54, 1.807) is 6.33 Å². The summed E-state index contributed by atoms with van der Waals surface area (Å²) >= 11 is 0. The normalized spacial score (nSPS) is 15.2. The van der Waals surface area contributed by atoms with Crippen molar-refractivity contribution in [3.8, 4) is 0 Å². The Morgan fingerprint density at radius 3 is 2.76 bits per heavy atom. The smallest absolute Gasteiger partial charge is 0.138 e. The fourth-order valence-electron chi connectivity index (χ4n) is 1.95. The third-order valence-electron chi connectivity index (χ3n) is 2.82. The largest absolute Gasteiger partial charge is 0.388 e. The molecule has 1 atom stereocenters. The molecule has 0 amide bonds. The Kier molecular flexibility index (Phi) is 5.08. The molecule has 0 saturated heterocycles. The Morgan fingerprint density at radius 1 is 1.53 bits per heavy atom. The van der Waals surface area contributed by atoms with Gasteiger partial charge in [0, 0.05) is 19.5 Å². The molecule has 5 nitrogen and oxygen atoms in total. The zero-order valence-electron chi connectivity index (χ0n) is 11.1. The molecule has 1 unspecified atom stereocenters. The molecule has 0 radical (unpaired) electrons. The van der Waals surface area contributed by atoms with Crippen LogP contribution in [-0.2, 0) is 13.0 Å². The molecule has 1 heterocycles. The van der Waals surface area contributed by atoms with Gasteiger partial charge in [0.15, 0.2) is 0 Å². The number of hydrogen-bond acceptors (Lipinski definition) is 4. The molecule has 0 spiro atoms. The van der Waals surface area contributed by atoms with E-state index < -0.39 is 5.60 Å². The summed E-state index contributed by atoms with van der Waals surface area (Å²) in [7, 11) is 0. The van der Waals surface area contributed by atoms with Gasteiger partial charge >= 0.3 is 0 Å². The molecule has 0 aliphatic carbocycles. The van der Waals surface area contributed by atoms with Gasteiger partial charge in [-0.15, -0.1) is 0 Å². The summed E-state index contributed by atoms with van der Waals surface area (Å²) in [5.74, 6) is 1.33. The maximum absolute atomic E-state index is 10.3. The summed E-state index contributed by atoms with van der Waals surface area (Å²) in [5, 5.41) is 14.5. The van der Waals surface area contributed by atoms with Gasteiger partial charge in [-0.05, 0) is 12.3 Å². The SMILES string of the molecule is CCCC(O)(CN)Cc1ncnn1CC(C)C. The molecule has 5 heteroatoms. The summed E-state index contributed by atoms with van der Waals surface area (Å²) in [5.41, 5.74) is 4.80. The number of nitrogens with zero attached hydrogens (tertiary/aromatic N) is 3. The first-order chi connectivity index (χ1) is 8.00. The van der Waals surface area contributed by atoms with Crippen molar-refractivity contribution in [2.75, 3.05) is 6.54 Å². The van der Waals surface area contributed by atoms with Crippen LogP contribution in [0.2, 0.25) is 0 Å². The van der Waals surface area contributed by atoms with Crippen molar-refractivity contribution in [3.63, 3.8) is 0 Å². The van der Waals surface area contributed by atoms with Crippen molar-refractivity contribution in [2.45, 2.75) is 52.2 Å². The lowest BCUT2D eigenvalue weighted by Gasteiger charge is -2.25. The van der Waals surface area contributed by atoms with Gasteiger partial charge in [-0.1, -0.05) is 27.2 Å². The van der Waals surface area contributed by atoms with Crippen molar-refractivity contribution in [1.29, 1.82) is 0 Å². The highest BCUT2D eigenvalue weighted by atomic mass is 16.3. The summed E-state index contributed by atoms with van der Waals surface area (Å²) in [6.45, 7) is 7.39. The molecular formula is C12H24N4O. The standard InChI is InChI=1S/C12H24N4O/c1-4-5-12(17,8-13)6-11-14-9-15-16(11)7-10(2)3/h9-10,17H,4-8,13H2,1-3H3. The minimum Gasteiger partial charge on any atom is -0.388 e. The van der Waals surface area contributed by atoms with E-state index >= 15 is 0 Å². The van der Waals surface area contributed by atoms with E-state index in [9.17, 15) is 5.11 Å². The zero-order chi connectivity index (χ0) is 12.9. The molecule has 1 aromatic rings. The molecule has 98 valence electrons. The fourth-order valence-corrected chi connectivity index (χ4v) is 1.95. The van der Waals surface area contributed by atoms with E-state index in [1.165, 1.54) is 0 Å². The predicted octanol–water partition coefficient (Wildman–Crippen LogP) is 0.966. The Balaban J connectivity index is 2.76. The molecule has 1 aromatic heterocycles. The zero-order valence-corrected chi connectivity index (χ0v) is 11.1. The summed E-state index contributed by atoms with van der Waals surface area (Å²) < 4.78 is 1.86. The third kappa shape index (κ3) is 4.09. The second-order valence-corrected chi connectivity index (χ2v) is 5.11. The van der Waals surface area contributed by atoms with Crippen LogP contribution in [0.3, 0.4) is 0 Å². The van der Waals surface area contributed by atoms with Crippen molar-refractivity contribution in [2.24, 2.45) is 11.7 Å². The first-order valence-electron chi connectivity index (χ1n) is 6.30. The number of hydrogen-bond donors (Lipinski definition) is 2. The average Bonchev–Trinajstić information content (AvgIpc) is 2.65. The van der Waals surface area contributed by atoms with Gasteiger partial charge in [-0.2, -0.15) is 5.10 Å². The van der Waals surface area contributed by atoms with Crippen LogP contribution in [-0.4, -0.2) is 32.0 Å². The number of aliphatic hydroxyl groups is 1. The van der Waals surface area contributed by atoms with Gasteiger partial charge in [0.2, 0.25) is 0 Å². The van der Waals surface area contributed by atoms with Gasteiger partial charge in [0.25, 0.3) is 0 Å². The van der Waals surface area contributed by atoms with E-state index in [1.807, 2.05) is 11.6 Å². The first-order valence-corrected chi connectivity index (χ1v) is 6.30. The molecule has 0 aliphatic heterocycles. The van der Waals surface area contributed by atoms with Crippen LogP contribution in [0, 0.1) is 5.92 Å². The molecule has 0 saturated carbocycles. The Morgan fingerprint density at radius 2 is 2.24 bits per heavy atom. The maximum Gasteiger partial charge on any atom is 0.138 e. The quantitative estimate of drug-likeness (QED) is 0.744. The summed E-state index contributed by atoms with van der Waals surface area (Å²) in [6.07, 6.45) is 3.62. The Hall–Kier alpha value is -0.940. The van der Waals surface area contributed by atoms with Crippen LogP contribution in [0.5, 0.6) is 0 Å². The Bertz CT molecular complexity index is 337. The molecular weight excluding hydrogens is 216 g/mol. The minimum absolute atomic E-state index is 0.259. The topological polar surface area (TPSA) is 77.0 Å². The molecule has 0 fully saturated rings. The Labute approximate surface area is 103 Å². The van der Waals surface area contributed by atoms with Gasteiger partial charge in [0.1, 0.15) is 12.2 Å². The highest BCUT2D eigenvalue weighted by Crippen LogP contribution is 2.17. The number of rotatable bonds is 7. The van der Waals surface area contributed by atoms with E-state index in [0.717, 1.165) is 18.8 Å². The van der Waals surface area contributed by atoms with Gasteiger partial charge in [0.05, 0.1) is 5.60 Å². The molecule has 0 bridgehead atoms. The second kappa shape index (κ2) is 6.12. The summed E-state index contributed by atoms with van der Waals surface area (Å²) in [4.78, 5) is 4.22. The van der Waals surface area contributed by atoms with Crippen LogP contribution < -0.4 is 5.73 Å². The molecule has 1 rings (SSSR count). The average molecular weight is 240 g/mol. The van der Waals surface area contributed by atoms with Gasteiger partial charge < -0.3 is 10.8 Å². The first kappa shape index (κ1) is 14.1.